The van der Waals surface area contributed by atoms with Crippen molar-refractivity contribution >= 4 is 28.8 Å². The monoisotopic (exact) mass is 524 g/mol. The number of ketones is 1. The highest BCUT2D eigenvalue weighted by molar-refractivity contribution is 6.51. The molecule has 1 amide bonds. The maximum Gasteiger partial charge on any atom is 0.416 e. The van der Waals surface area contributed by atoms with E-state index in [-0.39, 0.29) is 17.0 Å². The molecule has 1 N–H and O–H groups in total. The summed E-state index contributed by atoms with van der Waals surface area (Å²) in [5.74, 6) is -1.65. The van der Waals surface area contributed by atoms with E-state index < -0.39 is 29.5 Å². The van der Waals surface area contributed by atoms with Crippen molar-refractivity contribution in [2.75, 3.05) is 30.5 Å². The number of Topliss-reactive ketones (excluding diaryl/α,β-unsaturated/α-hetero) is 1. The van der Waals surface area contributed by atoms with E-state index >= 15 is 0 Å². The summed E-state index contributed by atoms with van der Waals surface area (Å²) in [4.78, 5) is 29.6. The van der Waals surface area contributed by atoms with Gasteiger partial charge in [0.15, 0.2) is 0 Å². The molecule has 1 heterocycles. The van der Waals surface area contributed by atoms with Crippen LogP contribution in [0.25, 0.3) is 5.76 Å². The fourth-order valence-electron chi connectivity index (χ4n) is 4.45. The number of hydrogen-bond acceptors (Lipinski definition) is 5. The second-order valence-electron chi connectivity index (χ2n) is 9.11. The van der Waals surface area contributed by atoms with Crippen molar-refractivity contribution in [3.8, 4) is 5.75 Å². The van der Waals surface area contributed by atoms with Crippen molar-refractivity contribution < 1.29 is 32.6 Å². The molecule has 6 nitrogen and oxygen atoms in total. The van der Waals surface area contributed by atoms with E-state index in [0.29, 0.717) is 23.5 Å². The molecule has 0 spiro atoms. The highest BCUT2D eigenvalue weighted by Crippen LogP contribution is 2.43. The van der Waals surface area contributed by atoms with Crippen molar-refractivity contribution in [1.29, 1.82) is 0 Å². The first-order chi connectivity index (χ1) is 17.9. The predicted octanol–water partition coefficient (Wildman–Crippen LogP) is 6.10. The molecule has 3 aromatic rings. The average Bonchev–Trinajstić information content (AvgIpc) is 3.14. The molecule has 1 unspecified atom stereocenters. The van der Waals surface area contributed by atoms with E-state index in [2.05, 4.69) is 0 Å². The SMILES string of the molecule is CCOc1ccc(/C(O)=C2/C(=O)C(=O)N(c3ccc(C(F)(F)F)cc3)C2c2ccc(N(C)C)cc2)cc1C. The van der Waals surface area contributed by atoms with Gasteiger partial charge in [-0.25, -0.2) is 0 Å². The molecule has 0 bridgehead atoms. The summed E-state index contributed by atoms with van der Waals surface area (Å²) in [7, 11) is 3.72. The quantitative estimate of drug-likeness (QED) is 0.240. The number of nitrogens with zero attached hydrogens (tertiary/aromatic N) is 2. The van der Waals surface area contributed by atoms with Crippen LogP contribution >= 0.6 is 0 Å². The normalized spacial score (nSPS) is 17.1. The zero-order valence-corrected chi connectivity index (χ0v) is 21.3. The van der Waals surface area contributed by atoms with Crippen LogP contribution in [0.2, 0.25) is 0 Å². The Morgan fingerprint density at radius 2 is 1.63 bits per heavy atom. The zero-order chi connectivity index (χ0) is 27.8. The number of aliphatic hydroxyl groups is 1. The van der Waals surface area contributed by atoms with Crippen molar-refractivity contribution in [2.45, 2.75) is 26.1 Å². The first kappa shape index (κ1) is 26.8. The summed E-state index contributed by atoms with van der Waals surface area (Å²) in [6, 6.07) is 14.9. The number of ether oxygens (including phenoxy) is 1. The van der Waals surface area contributed by atoms with Crippen molar-refractivity contribution in [3.63, 3.8) is 0 Å². The number of aliphatic hydroxyl groups excluding tert-OH is 1. The van der Waals surface area contributed by atoms with Gasteiger partial charge >= 0.3 is 6.18 Å². The molecule has 3 aromatic carbocycles. The lowest BCUT2D eigenvalue weighted by atomic mass is 9.94. The first-order valence-corrected chi connectivity index (χ1v) is 11.9. The molecule has 38 heavy (non-hydrogen) atoms. The molecule has 1 fully saturated rings. The predicted molar refractivity (Wildman–Crippen MR) is 139 cm³/mol. The second-order valence-corrected chi connectivity index (χ2v) is 9.11. The van der Waals surface area contributed by atoms with Crippen molar-refractivity contribution in [3.05, 3.63) is 94.6 Å². The highest BCUT2D eigenvalue weighted by atomic mass is 19.4. The van der Waals surface area contributed by atoms with Gasteiger partial charge in [-0.2, -0.15) is 13.2 Å². The minimum Gasteiger partial charge on any atom is -0.507 e. The van der Waals surface area contributed by atoms with Crippen molar-refractivity contribution in [1.82, 2.24) is 0 Å². The van der Waals surface area contributed by atoms with Crippen LogP contribution in [0.4, 0.5) is 24.5 Å². The van der Waals surface area contributed by atoms with Gasteiger partial charge in [-0.15, -0.1) is 0 Å². The number of anilines is 2. The van der Waals surface area contributed by atoms with Gasteiger partial charge in [0.05, 0.1) is 23.8 Å². The van der Waals surface area contributed by atoms with Gasteiger partial charge in [0.1, 0.15) is 11.5 Å². The molecule has 1 saturated heterocycles. The molecule has 0 aromatic heterocycles. The fourth-order valence-corrected chi connectivity index (χ4v) is 4.45. The Hall–Kier alpha value is -4.27. The number of carbonyl (C=O) groups excluding carboxylic acids is 2. The van der Waals surface area contributed by atoms with Gasteiger partial charge in [-0.1, -0.05) is 12.1 Å². The van der Waals surface area contributed by atoms with Gasteiger partial charge in [0.2, 0.25) is 0 Å². The lowest BCUT2D eigenvalue weighted by Gasteiger charge is -2.26. The standard InChI is InChI=1S/C29H27F3N2O4/c1-5-38-23-15-8-19(16-17(23)2)26(35)24-25(18-6-11-21(12-7-18)33(3)4)34(28(37)27(24)36)22-13-9-20(10-14-22)29(30,31)32/h6-16,25,35H,5H2,1-4H3/b26-24-. The average molecular weight is 525 g/mol. The third-order valence-corrected chi connectivity index (χ3v) is 6.39. The number of aryl methyl sites for hydroxylation is 1. The van der Waals surface area contributed by atoms with E-state index in [9.17, 15) is 27.9 Å². The zero-order valence-electron chi connectivity index (χ0n) is 21.3. The molecule has 198 valence electrons. The second kappa shape index (κ2) is 10.2. The van der Waals surface area contributed by atoms with Gasteiger partial charge in [0.25, 0.3) is 11.7 Å². The molecule has 0 aliphatic carbocycles. The Balaban J connectivity index is 1.89. The number of alkyl halides is 3. The molecule has 1 atom stereocenters. The molecule has 1 aliphatic heterocycles. The maximum atomic E-state index is 13.3. The van der Waals surface area contributed by atoms with Crippen molar-refractivity contribution in [2.24, 2.45) is 0 Å². The molecule has 4 rings (SSSR count). The van der Waals surface area contributed by atoms with E-state index in [1.807, 2.05) is 25.9 Å². The Morgan fingerprint density at radius 1 is 1.00 bits per heavy atom. The molecule has 1 aliphatic rings. The number of carbonyl (C=O) groups is 2. The smallest absolute Gasteiger partial charge is 0.416 e. The van der Waals surface area contributed by atoms with Crippen LogP contribution in [0, 0.1) is 6.92 Å². The van der Waals surface area contributed by atoms with Crippen LogP contribution in [0.15, 0.2) is 72.3 Å². The highest BCUT2D eigenvalue weighted by Gasteiger charge is 2.47. The summed E-state index contributed by atoms with van der Waals surface area (Å²) in [6.07, 6.45) is -4.56. The third kappa shape index (κ3) is 4.96. The van der Waals surface area contributed by atoms with E-state index in [1.165, 1.54) is 0 Å². The van der Waals surface area contributed by atoms with Crippen LogP contribution in [0.3, 0.4) is 0 Å². The Morgan fingerprint density at radius 3 is 2.16 bits per heavy atom. The van der Waals surface area contributed by atoms with E-state index in [1.54, 1.807) is 49.4 Å². The number of benzene rings is 3. The van der Waals surface area contributed by atoms with E-state index in [4.69, 9.17) is 4.74 Å². The summed E-state index contributed by atoms with van der Waals surface area (Å²) in [6.45, 7) is 4.09. The lowest BCUT2D eigenvalue weighted by Crippen LogP contribution is -2.29. The van der Waals surface area contributed by atoms with Crippen LogP contribution in [-0.4, -0.2) is 37.5 Å². The summed E-state index contributed by atoms with van der Waals surface area (Å²) < 4.78 is 45.0. The topological polar surface area (TPSA) is 70.1 Å². The number of amides is 1. The Kier molecular flexibility index (Phi) is 7.22. The van der Waals surface area contributed by atoms with Crippen LogP contribution in [0.1, 0.15) is 35.2 Å². The number of rotatable bonds is 6. The van der Waals surface area contributed by atoms with Crippen LogP contribution in [-0.2, 0) is 15.8 Å². The van der Waals surface area contributed by atoms with E-state index in [0.717, 1.165) is 40.4 Å². The first-order valence-electron chi connectivity index (χ1n) is 11.9. The number of hydrogen-bond donors (Lipinski definition) is 1. The molecular formula is C29H27F3N2O4. The largest absolute Gasteiger partial charge is 0.507 e. The van der Waals surface area contributed by atoms with Gasteiger partial charge in [-0.05, 0) is 79.6 Å². The third-order valence-electron chi connectivity index (χ3n) is 6.39. The van der Waals surface area contributed by atoms with Gasteiger partial charge in [0, 0.05) is 31.0 Å². The summed E-state index contributed by atoms with van der Waals surface area (Å²) in [5.41, 5.74) is 1.47. The molecule has 0 radical (unpaired) electrons. The summed E-state index contributed by atoms with van der Waals surface area (Å²) in [5, 5.41) is 11.3. The molecular weight excluding hydrogens is 497 g/mol. The Bertz CT molecular complexity index is 1390. The molecule has 9 heteroatoms. The van der Waals surface area contributed by atoms with Crippen LogP contribution < -0.4 is 14.5 Å². The fraction of sp³-hybridized carbons (Fsp3) is 0.241. The lowest BCUT2D eigenvalue weighted by molar-refractivity contribution is -0.137. The minimum atomic E-state index is -4.56. The Labute approximate surface area is 218 Å². The van der Waals surface area contributed by atoms with Gasteiger partial charge in [-0.3, -0.25) is 14.5 Å². The number of halogens is 3. The van der Waals surface area contributed by atoms with Crippen LogP contribution in [0.5, 0.6) is 5.75 Å². The molecule has 0 saturated carbocycles. The summed E-state index contributed by atoms with van der Waals surface area (Å²) >= 11 is 0. The maximum absolute atomic E-state index is 13.3. The van der Waals surface area contributed by atoms with Gasteiger partial charge < -0.3 is 14.7 Å². The minimum absolute atomic E-state index is 0.101.